The molecule has 1 atom stereocenters. The first kappa shape index (κ1) is 24.0. The molecule has 2 amide bonds. The summed E-state index contributed by atoms with van der Waals surface area (Å²) in [7, 11) is 1.61. The van der Waals surface area contributed by atoms with Crippen molar-refractivity contribution in [3.8, 4) is 11.1 Å². The molecule has 182 valence electrons. The van der Waals surface area contributed by atoms with Crippen molar-refractivity contribution >= 4 is 18.0 Å². The van der Waals surface area contributed by atoms with Gasteiger partial charge in [0, 0.05) is 38.3 Å². The van der Waals surface area contributed by atoms with Crippen molar-refractivity contribution in [2.75, 3.05) is 20.2 Å². The zero-order valence-electron chi connectivity index (χ0n) is 19.5. The molecule has 0 aliphatic heterocycles. The second kappa shape index (κ2) is 10.9. The molecule has 0 saturated heterocycles. The van der Waals surface area contributed by atoms with E-state index in [1.54, 1.807) is 30.2 Å². The third-order valence-corrected chi connectivity index (χ3v) is 6.18. The van der Waals surface area contributed by atoms with E-state index in [4.69, 9.17) is 9.84 Å². The summed E-state index contributed by atoms with van der Waals surface area (Å²) in [6, 6.07) is 16.8. The lowest BCUT2D eigenvalue weighted by Crippen LogP contribution is -2.48. The molecule has 3 aromatic rings. The molecule has 0 fully saturated rings. The summed E-state index contributed by atoms with van der Waals surface area (Å²) in [6.45, 7) is 0.942. The van der Waals surface area contributed by atoms with Crippen LogP contribution in [0.3, 0.4) is 0 Å². The normalized spacial score (nSPS) is 12.9. The van der Waals surface area contributed by atoms with E-state index in [1.807, 2.05) is 48.5 Å². The summed E-state index contributed by atoms with van der Waals surface area (Å²) in [5, 5.41) is 15.8. The Morgan fingerprint density at radius 1 is 1.09 bits per heavy atom. The number of hydrogen-bond acceptors (Lipinski definition) is 5. The number of alkyl carbamates (subject to hydrolysis) is 1. The summed E-state index contributed by atoms with van der Waals surface area (Å²) in [5.41, 5.74) is 4.40. The highest BCUT2D eigenvalue weighted by Crippen LogP contribution is 2.44. The van der Waals surface area contributed by atoms with Gasteiger partial charge < -0.3 is 20.1 Å². The van der Waals surface area contributed by atoms with Gasteiger partial charge in [-0.1, -0.05) is 48.5 Å². The molecule has 2 N–H and O–H groups in total. The Balaban J connectivity index is 1.39. The van der Waals surface area contributed by atoms with Gasteiger partial charge in [0.25, 0.3) is 0 Å². The average Bonchev–Trinajstić information content (AvgIpc) is 3.49. The van der Waals surface area contributed by atoms with E-state index in [2.05, 4.69) is 10.4 Å². The van der Waals surface area contributed by atoms with Crippen LogP contribution in [0.4, 0.5) is 4.79 Å². The van der Waals surface area contributed by atoms with E-state index < -0.39 is 18.1 Å². The van der Waals surface area contributed by atoms with Crippen molar-refractivity contribution in [3.63, 3.8) is 0 Å². The van der Waals surface area contributed by atoms with E-state index in [0.717, 1.165) is 22.3 Å². The van der Waals surface area contributed by atoms with Crippen LogP contribution in [0.15, 0.2) is 67.0 Å². The number of amides is 2. The zero-order valence-corrected chi connectivity index (χ0v) is 19.5. The van der Waals surface area contributed by atoms with Crippen LogP contribution in [0, 0.1) is 0 Å². The van der Waals surface area contributed by atoms with Crippen molar-refractivity contribution in [3.05, 3.63) is 78.1 Å². The largest absolute Gasteiger partial charge is 0.481 e. The van der Waals surface area contributed by atoms with Crippen LogP contribution in [0.1, 0.15) is 29.9 Å². The molecule has 1 aliphatic carbocycles. The number of likely N-dealkylation sites (N-methyl/N-ethyl adjacent to an activating group) is 1. The van der Waals surface area contributed by atoms with Gasteiger partial charge in [0.1, 0.15) is 12.6 Å². The SMILES string of the molecule is CN(CCn1cccn1)C(=O)C(CCC(=O)O)NC(=O)OCC1c2ccccc2-c2ccccc21. The number of ether oxygens (including phenoxy) is 1. The molecule has 9 nitrogen and oxygen atoms in total. The summed E-state index contributed by atoms with van der Waals surface area (Å²) in [6.07, 6.45) is 2.39. The summed E-state index contributed by atoms with van der Waals surface area (Å²) in [4.78, 5) is 38.2. The number of rotatable bonds is 10. The predicted octanol–water partition coefficient (Wildman–Crippen LogP) is 3.11. The van der Waals surface area contributed by atoms with Gasteiger partial charge in [0.15, 0.2) is 0 Å². The molecule has 4 rings (SSSR count). The standard InChI is InChI=1S/C26H28N4O5/c1-29(15-16-30-14-6-13-27-30)25(33)23(11-12-24(31)32)28-26(34)35-17-22-20-9-4-2-7-18(20)19-8-3-5-10-21(19)22/h2-10,13-14,22-23H,11-12,15-17H2,1H3,(H,28,34)(H,31,32). The van der Waals surface area contributed by atoms with Crippen LogP contribution in [-0.2, 0) is 20.9 Å². The minimum Gasteiger partial charge on any atom is -0.481 e. The maximum Gasteiger partial charge on any atom is 0.407 e. The number of aliphatic carboxylic acids is 1. The van der Waals surface area contributed by atoms with Gasteiger partial charge in [-0.25, -0.2) is 4.79 Å². The molecule has 9 heteroatoms. The Morgan fingerprint density at radius 2 is 1.74 bits per heavy atom. The van der Waals surface area contributed by atoms with E-state index in [0.29, 0.717) is 13.1 Å². The molecule has 1 unspecified atom stereocenters. The van der Waals surface area contributed by atoms with Crippen LogP contribution in [0.2, 0.25) is 0 Å². The first-order valence-corrected chi connectivity index (χ1v) is 11.5. The number of nitrogens with zero attached hydrogens (tertiary/aromatic N) is 3. The van der Waals surface area contributed by atoms with Gasteiger partial charge in [0.2, 0.25) is 5.91 Å². The van der Waals surface area contributed by atoms with E-state index in [-0.39, 0.29) is 31.3 Å². The van der Waals surface area contributed by atoms with Crippen LogP contribution < -0.4 is 5.32 Å². The second-order valence-electron chi connectivity index (χ2n) is 8.48. The van der Waals surface area contributed by atoms with E-state index >= 15 is 0 Å². The van der Waals surface area contributed by atoms with Gasteiger partial charge in [-0.15, -0.1) is 0 Å². The highest BCUT2D eigenvalue weighted by Gasteiger charge is 2.30. The number of carboxylic acids is 1. The molecule has 0 spiro atoms. The molecular formula is C26H28N4O5. The number of benzene rings is 2. The number of carbonyl (C=O) groups excluding carboxylic acids is 2. The number of hydrogen-bond donors (Lipinski definition) is 2. The van der Waals surface area contributed by atoms with Crippen molar-refractivity contribution in [2.24, 2.45) is 0 Å². The van der Waals surface area contributed by atoms with Gasteiger partial charge in [-0.05, 0) is 34.7 Å². The van der Waals surface area contributed by atoms with Crippen molar-refractivity contribution in [1.29, 1.82) is 0 Å². The first-order chi connectivity index (χ1) is 16.9. The maximum absolute atomic E-state index is 13.0. The van der Waals surface area contributed by atoms with Crippen LogP contribution in [-0.4, -0.2) is 64.0 Å². The molecule has 0 bridgehead atoms. The Kier molecular flexibility index (Phi) is 7.45. The fourth-order valence-corrected chi connectivity index (χ4v) is 4.37. The smallest absolute Gasteiger partial charge is 0.407 e. The molecular weight excluding hydrogens is 448 g/mol. The number of carbonyl (C=O) groups is 3. The molecule has 2 aromatic carbocycles. The monoisotopic (exact) mass is 476 g/mol. The molecule has 1 aliphatic rings. The number of nitrogens with one attached hydrogen (secondary N) is 1. The molecule has 1 heterocycles. The Hall–Kier alpha value is -4.14. The van der Waals surface area contributed by atoms with Crippen molar-refractivity contribution in [2.45, 2.75) is 31.3 Å². The highest BCUT2D eigenvalue weighted by molar-refractivity contribution is 5.86. The topological polar surface area (TPSA) is 114 Å². The zero-order chi connectivity index (χ0) is 24.8. The van der Waals surface area contributed by atoms with Gasteiger partial charge in [0.05, 0.1) is 6.54 Å². The Morgan fingerprint density at radius 3 is 2.34 bits per heavy atom. The third kappa shape index (κ3) is 5.68. The summed E-state index contributed by atoms with van der Waals surface area (Å²) in [5.74, 6) is -1.54. The highest BCUT2D eigenvalue weighted by atomic mass is 16.5. The van der Waals surface area contributed by atoms with E-state index in [9.17, 15) is 14.4 Å². The Bertz CT molecular complexity index is 1150. The second-order valence-corrected chi connectivity index (χ2v) is 8.48. The third-order valence-electron chi connectivity index (χ3n) is 6.18. The number of carboxylic acid groups (broad SMARTS) is 1. The average molecular weight is 477 g/mol. The molecule has 1 aromatic heterocycles. The first-order valence-electron chi connectivity index (χ1n) is 11.5. The lowest BCUT2D eigenvalue weighted by atomic mass is 9.98. The molecule has 0 saturated carbocycles. The maximum atomic E-state index is 13.0. The summed E-state index contributed by atoms with van der Waals surface area (Å²) < 4.78 is 7.23. The van der Waals surface area contributed by atoms with Crippen LogP contribution in [0.5, 0.6) is 0 Å². The number of aromatic nitrogens is 2. The van der Waals surface area contributed by atoms with Gasteiger partial charge in [-0.2, -0.15) is 5.10 Å². The lowest BCUT2D eigenvalue weighted by molar-refractivity contribution is -0.137. The quantitative estimate of drug-likeness (QED) is 0.465. The van der Waals surface area contributed by atoms with Crippen LogP contribution in [0.25, 0.3) is 11.1 Å². The van der Waals surface area contributed by atoms with Crippen molar-refractivity contribution in [1.82, 2.24) is 20.0 Å². The minimum absolute atomic E-state index is 0.0372. The van der Waals surface area contributed by atoms with E-state index in [1.165, 1.54) is 4.90 Å². The number of fused-ring (bicyclic) bond motifs is 3. The fourth-order valence-electron chi connectivity index (χ4n) is 4.37. The fraction of sp³-hybridized carbons (Fsp3) is 0.308. The Labute approximate surface area is 203 Å². The van der Waals surface area contributed by atoms with Gasteiger partial charge in [-0.3, -0.25) is 14.3 Å². The summed E-state index contributed by atoms with van der Waals surface area (Å²) >= 11 is 0. The lowest BCUT2D eigenvalue weighted by Gasteiger charge is -2.24. The van der Waals surface area contributed by atoms with Crippen LogP contribution >= 0.6 is 0 Å². The van der Waals surface area contributed by atoms with Gasteiger partial charge >= 0.3 is 12.1 Å². The molecule has 35 heavy (non-hydrogen) atoms. The minimum atomic E-state index is -1.05. The molecule has 0 radical (unpaired) electrons. The van der Waals surface area contributed by atoms with Crippen molar-refractivity contribution < 1.29 is 24.2 Å². The predicted molar refractivity (Wildman–Crippen MR) is 129 cm³/mol.